The maximum absolute atomic E-state index is 6.26. The van der Waals surface area contributed by atoms with Gasteiger partial charge in [-0.25, -0.2) is 9.97 Å². The molecule has 0 saturated carbocycles. The van der Waals surface area contributed by atoms with Crippen molar-refractivity contribution in [3.63, 3.8) is 0 Å². The van der Waals surface area contributed by atoms with Gasteiger partial charge in [0.15, 0.2) is 5.82 Å². The lowest BCUT2D eigenvalue weighted by Gasteiger charge is -2.09. The fourth-order valence-electron chi connectivity index (χ4n) is 2.18. The molecular weight excluding hydrogens is 291 g/mol. The third-order valence-corrected chi connectivity index (χ3v) is 3.98. The molecule has 0 N–H and O–H groups in total. The number of fused-ring (bicyclic) bond motifs is 1. The van der Waals surface area contributed by atoms with Crippen LogP contribution in [0.25, 0.3) is 22.3 Å². The molecule has 0 saturated heterocycles. The van der Waals surface area contributed by atoms with Crippen molar-refractivity contribution in [2.45, 2.75) is 13.8 Å². The van der Waals surface area contributed by atoms with Gasteiger partial charge in [-0.15, -0.1) is 0 Å². The van der Waals surface area contributed by atoms with Crippen molar-refractivity contribution in [3.8, 4) is 11.4 Å². The van der Waals surface area contributed by atoms with E-state index in [9.17, 15) is 0 Å². The minimum absolute atomic E-state index is 0.447. The Balaban J connectivity index is 2.29. The largest absolute Gasteiger partial charge is 0.228 e. The SMILES string of the molecule is Cc1cccc(-c2nc(Cl)c3ccc(Cl)cc3n2)c1C. The number of aromatic nitrogens is 2. The van der Waals surface area contributed by atoms with Gasteiger partial charge in [0.1, 0.15) is 5.15 Å². The number of rotatable bonds is 1. The molecule has 2 nitrogen and oxygen atoms in total. The van der Waals surface area contributed by atoms with Crippen molar-refractivity contribution in [2.24, 2.45) is 0 Å². The topological polar surface area (TPSA) is 25.8 Å². The Morgan fingerprint density at radius 1 is 0.950 bits per heavy atom. The molecule has 0 unspecified atom stereocenters. The van der Waals surface area contributed by atoms with Crippen LogP contribution in [0.4, 0.5) is 0 Å². The van der Waals surface area contributed by atoms with E-state index in [1.807, 2.05) is 18.2 Å². The van der Waals surface area contributed by atoms with Crippen LogP contribution in [0, 0.1) is 13.8 Å². The average Bonchev–Trinajstić information content (AvgIpc) is 2.41. The summed E-state index contributed by atoms with van der Waals surface area (Å²) in [4.78, 5) is 9.00. The molecular formula is C16H12Cl2N2. The van der Waals surface area contributed by atoms with Gasteiger partial charge in [0, 0.05) is 16.0 Å². The Kier molecular flexibility index (Phi) is 3.36. The average molecular weight is 303 g/mol. The molecule has 0 aliphatic carbocycles. The lowest BCUT2D eigenvalue weighted by atomic mass is 10.0. The van der Waals surface area contributed by atoms with Crippen molar-refractivity contribution in [1.29, 1.82) is 0 Å². The van der Waals surface area contributed by atoms with Gasteiger partial charge in [0.25, 0.3) is 0 Å². The Morgan fingerprint density at radius 3 is 2.55 bits per heavy atom. The van der Waals surface area contributed by atoms with E-state index in [-0.39, 0.29) is 0 Å². The summed E-state index contributed by atoms with van der Waals surface area (Å²) in [5.74, 6) is 0.631. The van der Waals surface area contributed by atoms with Crippen LogP contribution in [0.1, 0.15) is 11.1 Å². The van der Waals surface area contributed by atoms with Crippen molar-refractivity contribution >= 4 is 34.1 Å². The molecule has 4 heteroatoms. The van der Waals surface area contributed by atoms with Crippen molar-refractivity contribution < 1.29 is 0 Å². The summed E-state index contributed by atoms with van der Waals surface area (Å²) in [6, 6.07) is 11.5. The van der Waals surface area contributed by atoms with Gasteiger partial charge in [-0.05, 0) is 43.2 Å². The molecule has 20 heavy (non-hydrogen) atoms. The van der Waals surface area contributed by atoms with E-state index in [2.05, 4.69) is 29.9 Å². The number of hydrogen-bond donors (Lipinski definition) is 0. The third-order valence-electron chi connectivity index (χ3n) is 3.46. The van der Waals surface area contributed by atoms with Crippen LogP contribution in [0.2, 0.25) is 10.2 Å². The molecule has 0 fully saturated rings. The van der Waals surface area contributed by atoms with Crippen LogP contribution in [-0.2, 0) is 0 Å². The van der Waals surface area contributed by atoms with Crippen molar-refractivity contribution in [2.75, 3.05) is 0 Å². The molecule has 0 spiro atoms. The molecule has 1 aromatic heterocycles. The second kappa shape index (κ2) is 5.04. The highest BCUT2D eigenvalue weighted by molar-refractivity contribution is 6.35. The van der Waals surface area contributed by atoms with Gasteiger partial charge in [-0.2, -0.15) is 0 Å². The van der Waals surface area contributed by atoms with Gasteiger partial charge in [0.05, 0.1) is 5.52 Å². The fraction of sp³-hybridized carbons (Fsp3) is 0.125. The fourth-order valence-corrected chi connectivity index (χ4v) is 2.58. The second-order valence-electron chi connectivity index (χ2n) is 4.75. The molecule has 3 rings (SSSR count). The lowest BCUT2D eigenvalue weighted by molar-refractivity contribution is 1.20. The minimum Gasteiger partial charge on any atom is -0.228 e. The zero-order valence-corrected chi connectivity index (χ0v) is 12.6. The first-order chi connectivity index (χ1) is 9.56. The van der Waals surface area contributed by atoms with Crippen LogP contribution in [0.5, 0.6) is 0 Å². The van der Waals surface area contributed by atoms with Crippen LogP contribution in [0.3, 0.4) is 0 Å². The molecule has 0 aliphatic heterocycles. The summed E-state index contributed by atoms with van der Waals surface area (Å²) in [5.41, 5.74) is 4.11. The Hall–Kier alpha value is -1.64. The monoisotopic (exact) mass is 302 g/mol. The van der Waals surface area contributed by atoms with Crippen molar-refractivity contribution in [1.82, 2.24) is 9.97 Å². The molecule has 0 radical (unpaired) electrons. The second-order valence-corrected chi connectivity index (χ2v) is 5.54. The summed E-state index contributed by atoms with van der Waals surface area (Å²) in [6.07, 6.45) is 0. The standard InChI is InChI=1S/C16H12Cl2N2/c1-9-4-3-5-12(10(9)2)16-19-14-8-11(17)6-7-13(14)15(18)20-16/h3-8H,1-2H3. The summed E-state index contributed by atoms with van der Waals surface area (Å²) in [7, 11) is 0. The Bertz CT molecular complexity index is 813. The van der Waals surface area contributed by atoms with Crippen LogP contribution >= 0.6 is 23.2 Å². The summed E-state index contributed by atoms with van der Waals surface area (Å²) in [5, 5.41) is 1.90. The zero-order chi connectivity index (χ0) is 14.3. The molecule has 1 heterocycles. The van der Waals surface area contributed by atoms with E-state index in [0.717, 1.165) is 22.0 Å². The smallest absolute Gasteiger partial charge is 0.161 e. The van der Waals surface area contributed by atoms with Crippen LogP contribution in [-0.4, -0.2) is 9.97 Å². The summed E-state index contributed by atoms with van der Waals surface area (Å²) < 4.78 is 0. The predicted molar refractivity (Wildman–Crippen MR) is 84.5 cm³/mol. The predicted octanol–water partition coefficient (Wildman–Crippen LogP) is 5.22. The first kappa shape index (κ1) is 13.3. The quantitative estimate of drug-likeness (QED) is 0.576. The van der Waals surface area contributed by atoms with Gasteiger partial charge in [-0.3, -0.25) is 0 Å². The molecule has 100 valence electrons. The number of aryl methyl sites for hydroxylation is 1. The van der Waals surface area contributed by atoms with Gasteiger partial charge >= 0.3 is 0 Å². The highest BCUT2D eigenvalue weighted by Crippen LogP contribution is 2.28. The van der Waals surface area contributed by atoms with Crippen LogP contribution < -0.4 is 0 Å². The molecule has 0 amide bonds. The number of nitrogens with zero attached hydrogens (tertiary/aromatic N) is 2. The van der Waals surface area contributed by atoms with Crippen LogP contribution in [0.15, 0.2) is 36.4 Å². The zero-order valence-electron chi connectivity index (χ0n) is 11.1. The molecule has 0 bridgehead atoms. The summed E-state index contributed by atoms with van der Waals surface area (Å²) >= 11 is 12.3. The summed E-state index contributed by atoms with van der Waals surface area (Å²) in [6.45, 7) is 4.13. The number of halogens is 2. The number of benzene rings is 2. The Labute approximate surface area is 127 Å². The van der Waals surface area contributed by atoms with Crippen molar-refractivity contribution in [3.05, 3.63) is 57.7 Å². The maximum atomic E-state index is 6.26. The van der Waals surface area contributed by atoms with Gasteiger partial charge in [-0.1, -0.05) is 41.4 Å². The third kappa shape index (κ3) is 2.26. The highest BCUT2D eigenvalue weighted by Gasteiger charge is 2.11. The van der Waals surface area contributed by atoms with E-state index in [1.165, 1.54) is 5.56 Å². The molecule has 3 aromatic rings. The van der Waals surface area contributed by atoms with E-state index in [4.69, 9.17) is 23.2 Å². The van der Waals surface area contributed by atoms with E-state index >= 15 is 0 Å². The van der Waals surface area contributed by atoms with E-state index in [0.29, 0.717) is 16.0 Å². The molecule has 0 atom stereocenters. The Morgan fingerprint density at radius 2 is 1.75 bits per heavy atom. The molecule has 2 aromatic carbocycles. The minimum atomic E-state index is 0.447. The van der Waals surface area contributed by atoms with E-state index < -0.39 is 0 Å². The highest BCUT2D eigenvalue weighted by atomic mass is 35.5. The number of hydrogen-bond acceptors (Lipinski definition) is 2. The lowest BCUT2D eigenvalue weighted by Crippen LogP contribution is -1.95. The van der Waals surface area contributed by atoms with E-state index in [1.54, 1.807) is 12.1 Å². The van der Waals surface area contributed by atoms with Gasteiger partial charge < -0.3 is 0 Å². The molecule has 0 aliphatic rings. The maximum Gasteiger partial charge on any atom is 0.161 e. The first-order valence-electron chi connectivity index (χ1n) is 6.25. The first-order valence-corrected chi connectivity index (χ1v) is 7.01. The normalized spacial score (nSPS) is 11.0. The van der Waals surface area contributed by atoms with Gasteiger partial charge in [0.2, 0.25) is 0 Å².